The van der Waals surface area contributed by atoms with Crippen molar-refractivity contribution in [3.8, 4) is 0 Å². The van der Waals surface area contributed by atoms with Crippen LogP contribution >= 0.6 is 0 Å². The number of hydrogen-bond donors (Lipinski definition) is 1. The van der Waals surface area contributed by atoms with E-state index in [9.17, 15) is 14.4 Å². The van der Waals surface area contributed by atoms with Crippen LogP contribution in [0.15, 0.2) is 18.2 Å². The Morgan fingerprint density at radius 3 is 2.57 bits per heavy atom. The highest BCUT2D eigenvalue weighted by Crippen LogP contribution is 2.27. The molecule has 0 aromatic heterocycles. The molecule has 150 valence electrons. The molecule has 28 heavy (non-hydrogen) atoms. The highest BCUT2D eigenvalue weighted by molar-refractivity contribution is 6.22. The summed E-state index contributed by atoms with van der Waals surface area (Å²) in [6.07, 6.45) is 3.69. The van der Waals surface area contributed by atoms with Crippen LogP contribution in [0.1, 0.15) is 56.8 Å². The average molecular weight is 385 g/mol. The van der Waals surface area contributed by atoms with E-state index in [0.29, 0.717) is 29.2 Å². The minimum atomic E-state index is -0.321. The van der Waals surface area contributed by atoms with E-state index in [4.69, 9.17) is 4.74 Å². The minimum absolute atomic E-state index is 0.0662. The third-order valence-electron chi connectivity index (χ3n) is 6.02. The summed E-state index contributed by atoms with van der Waals surface area (Å²) in [5.41, 5.74) is 1.19. The highest BCUT2D eigenvalue weighted by Gasteiger charge is 2.38. The van der Waals surface area contributed by atoms with Crippen LogP contribution < -0.4 is 5.32 Å². The monoisotopic (exact) mass is 385 g/mol. The van der Waals surface area contributed by atoms with Crippen LogP contribution in [0.4, 0.5) is 0 Å². The number of imide groups is 1. The zero-order chi connectivity index (χ0) is 19.7. The molecule has 3 amide bonds. The number of ether oxygens (including phenoxy) is 1. The summed E-state index contributed by atoms with van der Waals surface area (Å²) < 4.78 is 5.57. The number of piperidine rings is 1. The van der Waals surface area contributed by atoms with E-state index in [0.717, 1.165) is 45.3 Å². The molecule has 1 aromatic carbocycles. The average Bonchev–Trinajstić information content (AvgIpc) is 3.31. The Labute approximate surface area is 165 Å². The molecule has 0 spiro atoms. The van der Waals surface area contributed by atoms with Gasteiger partial charge in [0.25, 0.3) is 17.7 Å². The molecule has 0 bridgehead atoms. The quantitative estimate of drug-likeness (QED) is 0.778. The van der Waals surface area contributed by atoms with Crippen molar-refractivity contribution >= 4 is 17.7 Å². The van der Waals surface area contributed by atoms with Crippen LogP contribution in [-0.4, -0.2) is 73.5 Å². The number of carbonyl (C=O) groups excluding carboxylic acids is 3. The number of hydrogen-bond acceptors (Lipinski definition) is 5. The molecule has 4 rings (SSSR count). The van der Waals surface area contributed by atoms with E-state index < -0.39 is 0 Å². The fourth-order valence-electron chi connectivity index (χ4n) is 4.39. The maximum atomic E-state index is 12.9. The third-order valence-corrected chi connectivity index (χ3v) is 6.02. The van der Waals surface area contributed by atoms with E-state index in [1.165, 1.54) is 4.90 Å². The predicted octanol–water partition coefficient (Wildman–Crippen LogP) is 1.53. The fourth-order valence-corrected chi connectivity index (χ4v) is 4.39. The van der Waals surface area contributed by atoms with Crippen LogP contribution in [0, 0.1) is 5.92 Å². The van der Waals surface area contributed by atoms with Gasteiger partial charge in [-0.3, -0.25) is 19.3 Å². The SMILES string of the molecule is CNCC1CCN(C(=O)c2ccc3c(c2)C(=O)N(CC2CCCO2)C3=O)CC1. The van der Waals surface area contributed by atoms with Gasteiger partial charge in [0.2, 0.25) is 0 Å². The van der Waals surface area contributed by atoms with Gasteiger partial charge in [-0.1, -0.05) is 0 Å². The lowest BCUT2D eigenvalue weighted by Gasteiger charge is -2.32. The number of rotatable bonds is 5. The van der Waals surface area contributed by atoms with Gasteiger partial charge in [0.1, 0.15) is 0 Å². The lowest BCUT2D eigenvalue weighted by atomic mass is 9.96. The molecule has 1 aromatic rings. The van der Waals surface area contributed by atoms with E-state index in [2.05, 4.69) is 5.32 Å². The Hall–Kier alpha value is -2.25. The molecular formula is C21H27N3O4. The van der Waals surface area contributed by atoms with E-state index in [1.54, 1.807) is 18.2 Å². The smallest absolute Gasteiger partial charge is 0.261 e. The molecule has 3 aliphatic rings. The number of carbonyl (C=O) groups is 3. The third kappa shape index (κ3) is 3.56. The number of benzene rings is 1. The molecule has 1 atom stereocenters. The molecule has 2 fully saturated rings. The number of fused-ring (bicyclic) bond motifs is 1. The molecule has 7 nitrogen and oxygen atoms in total. The summed E-state index contributed by atoms with van der Waals surface area (Å²) in [7, 11) is 1.95. The van der Waals surface area contributed by atoms with Crippen LogP contribution in [0.5, 0.6) is 0 Å². The van der Waals surface area contributed by atoms with Crippen molar-refractivity contribution in [3.63, 3.8) is 0 Å². The predicted molar refractivity (Wildman–Crippen MR) is 103 cm³/mol. The van der Waals surface area contributed by atoms with Gasteiger partial charge in [0.05, 0.1) is 23.8 Å². The van der Waals surface area contributed by atoms with Gasteiger partial charge in [-0.2, -0.15) is 0 Å². The molecule has 7 heteroatoms. The van der Waals surface area contributed by atoms with Crippen LogP contribution in [0.2, 0.25) is 0 Å². The Kier molecular flexibility index (Phi) is 5.46. The first-order chi connectivity index (χ1) is 13.6. The molecule has 2 saturated heterocycles. The van der Waals surface area contributed by atoms with Gasteiger partial charge in [-0.15, -0.1) is 0 Å². The van der Waals surface area contributed by atoms with Crippen LogP contribution in [-0.2, 0) is 4.74 Å². The largest absolute Gasteiger partial charge is 0.376 e. The maximum Gasteiger partial charge on any atom is 0.261 e. The lowest BCUT2D eigenvalue weighted by Crippen LogP contribution is -2.40. The Morgan fingerprint density at radius 2 is 1.89 bits per heavy atom. The summed E-state index contributed by atoms with van der Waals surface area (Å²) in [6, 6.07) is 4.88. The van der Waals surface area contributed by atoms with Crippen LogP contribution in [0.25, 0.3) is 0 Å². The normalized spacial score (nSPS) is 22.8. The van der Waals surface area contributed by atoms with Gasteiger partial charge in [0, 0.05) is 25.3 Å². The standard InChI is InChI=1S/C21H27N3O4/c1-22-12-14-6-8-23(9-7-14)19(25)15-4-5-17-18(11-15)21(27)24(20(17)26)13-16-3-2-10-28-16/h4-5,11,14,16,22H,2-3,6-10,12-13H2,1H3. The topological polar surface area (TPSA) is 79.0 Å². The number of nitrogens with zero attached hydrogens (tertiary/aromatic N) is 2. The minimum Gasteiger partial charge on any atom is -0.376 e. The zero-order valence-electron chi connectivity index (χ0n) is 16.3. The van der Waals surface area contributed by atoms with Gasteiger partial charge in [0.15, 0.2) is 0 Å². The molecule has 0 aliphatic carbocycles. The molecule has 1 unspecified atom stereocenters. The Morgan fingerprint density at radius 1 is 1.14 bits per heavy atom. The Bertz CT molecular complexity index is 780. The van der Waals surface area contributed by atoms with Crippen LogP contribution in [0.3, 0.4) is 0 Å². The number of amides is 3. The second-order valence-corrected chi connectivity index (χ2v) is 7.91. The lowest BCUT2D eigenvalue weighted by molar-refractivity contribution is 0.0475. The highest BCUT2D eigenvalue weighted by atomic mass is 16.5. The molecule has 3 heterocycles. The number of likely N-dealkylation sites (tertiary alicyclic amines) is 1. The van der Waals surface area contributed by atoms with Gasteiger partial charge >= 0.3 is 0 Å². The molecule has 0 radical (unpaired) electrons. The second kappa shape index (κ2) is 8.01. The van der Waals surface area contributed by atoms with Crippen molar-refractivity contribution < 1.29 is 19.1 Å². The summed E-state index contributed by atoms with van der Waals surface area (Å²) in [5, 5.41) is 3.19. The van der Waals surface area contributed by atoms with Crippen molar-refractivity contribution in [1.29, 1.82) is 0 Å². The first-order valence-electron chi connectivity index (χ1n) is 10.1. The van der Waals surface area contributed by atoms with Crippen molar-refractivity contribution in [2.75, 3.05) is 39.8 Å². The van der Waals surface area contributed by atoms with Gasteiger partial charge < -0.3 is 15.0 Å². The van der Waals surface area contributed by atoms with E-state index in [1.807, 2.05) is 11.9 Å². The molecular weight excluding hydrogens is 358 g/mol. The summed E-state index contributed by atoms with van der Waals surface area (Å²) in [5.74, 6) is -0.0802. The Balaban J connectivity index is 1.46. The summed E-state index contributed by atoms with van der Waals surface area (Å²) >= 11 is 0. The van der Waals surface area contributed by atoms with Crippen molar-refractivity contribution in [1.82, 2.24) is 15.1 Å². The first kappa shape index (κ1) is 19.1. The van der Waals surface area contributed by atoms with Crippen molar-refractivity contribution in [2.24, 2.45) is 5.92 Å². The molecule has 3 aliphatic heterocycles. The number of nitrogens with one attached hydrogen (secondary N) is 1. The van der Waals surface area contributed by atoms with E-state index >= 15 is 0 Å². The van der Waals surface area contributed by atoms with Gasteiger partial charge in [-0.05, 0) is 63.4 Å². The van der Waals surface area contributed by atoms with E-state index in [-0.39, 0.29) is 30.4 Å². The zero-order valence-corrected chi connectivity index (χ0v) is 16.3. The summed E-state index contributed by atoms with van der Waals surface area (Å²) in [6.45, 7) is 3.38. The summed E-state index contributed by atoms with van der Waals surface area (Å²) in [4.78, 5) is 41.4. The first-order valence-corrected chi connectivity index (χ1v) is 10.1. The molecule has 1 N–H and O–H groups in total. The maximum absolute atomic E-state index is 12.9. The van der Waals surface area contributed by atoms with Crippen molar-refractivity contribution in [3.05, 3.63) is 34.9 Å². The van der Waals surface area contributed by atoms with Gasteiger partial charge in [-0.25, -0.2) is 0 Å². The molecule has 0 saturated carbocycles. The van der Waals surface area contributed by atoms with Crippen molar-refractivity contribution in [2.45, 2.75) is 31.8 Å². The fraction of sp³-hybridized carbons (Fsp3) is 0.571. The second-order valence-electron chi connectivity index (χ2n) is 7.91.